The van der Waals surface area contributed by atoms with Crippen molar-refractivity contribution in [3.8, 4) is 0 Å². The summed E-state index contributed by atoms with van der Waals surface area (Å²) in [5, 5.41) is 0. The van der Waals surface area contributed by atoms with Crippen LogP contribution in [-0.2, 0) is 27.3 Å². The van der Waals surface area contributed by atoms with Crippen molar-refractivity contribution < 1.29 is 27.4 Å². The molecule has 9 heteroatoms. The topological polar surface area (TPSA) is 79.3 Å². The van der Waals surface area contributed by atoms with Gasteiger partial charge in [0.2, 0.25) is 11.3 Å². The molecule has 2 atom stereocenters. The van der Waals surface area contributed by atoms with Gasteiger partial charge >= 0.3 is 5.97 Å². The van der Waals surface area contributed by atoms with Crippen LogP contribution in [0.25, 0.3) is 0 Å². The minimum Gasteiger partial charge on any atom is -0.465 e. The first-order valence-electron chi connectivity index (χ1n) is 10.1. The van der Waals surface area contributed by atoms with Gasteiger partial charge in [-0.15, -0.1) is 0 Å². The van der Waals surface area contributed by atoms with E-state index in [1.165, 1.54) is 23.5 Å². The number of carbonyl (C=O) groups excluding carboxylic acids is 1. The summed E-state index contributed by atoms with van der Waals surface area (Å²) in [6.45, 7) is 3.10. The lowest BCUT2D eigenvalue weighted by Gasteiger charge is -2.35. The third-order valence-electron chi connectivity index (χ3n) is 5.36. The number of hydrogen-bond acceptors (Lipinski definition) is 5. The number of benzene rings is 2. The Bertz CT molecular complexity index is 893. The third-order valence-corrected chi connectivity index (χ3v) is 6.12. The molecule has 0 amide bonds. The highest BCUT2D eigenvalue weighted by Gasteiger charge is 2.25. The predicted octanol–water partition coefficient (Wildman–Crippen LogP) is 3.01. The third kappa shape index (κ3) is 6.41. The van der Waals surface area contributed by atoms with Crippen molar-refractivity contribution in [3.05, 3.63) is 71.0 Å². The second-order valence-corrected chi connectivity index (χ2v) is 8.23. The smallest absolute Gasteiger partial charge is 0.337 e. The molecule has 0 aliphatic carbocycles. The number of methoxy groups -OCH3 is 1. The van der Waals surface area contributed by atoms with E-state index >= 15 is 0 Å². The summed E-state index contributed by atoms with van der Waals surface area (Å²) < 4.78 is 47.6. The van der Waals surface area contributed by atoms with Crippen LogP contribution in [0.5, 0.6) is 0 Å². The second-order valence-electron chi connectivity index (χ2n) is 7.26. The lowest BCUT2D eigenvalue weighted by atomic mass is 10.0. The Kier molecular flexibility index (Phi) is 8.68. The van der Waals surface area contributed by atoms with Gasteiger partial charge in [-0.2, -0.15) is 4.31 Å². The average Bonchev–Trinajstić information content (AvgIpc) is 2.80. The van der Waals surface area contributed by atoms with Gasteiger partial charge in [-0.25, -0.2) is 13.4 Å². The maximum Gasteiger partial charge on any atom is 0.337 e. The van der Waals surface area contributed by atoms with Crippen LogP contribution in [-0.4, -0.2) is 63.9 Å². The Balaban J connectivity index is 1.72. The molecule has 1 fully saturated rings. The fraction of sp³-hybridized carbons (Fsp3) is 0.409. The van der Waals surface area contributed by atoms with Crippen molar-refractivity contribution in [1.82, 2.24) is 9.21 Å². The first-order chi connectivity index (χ1) is 15.0. The van der Waals surface area contributed by atoms with Gasteiger partial charge in [0.05, 0.1) is 25.9 Å². The summed E-state index contributed by atoms with van der Waals surface area (Å²) in [6.07, 6.45) is 0.595. The molecule has 0 spiro atoms. The highest BCUT2D eigenvalue weighted by Crippen LogP contribution is 2.26. The largest absolute Gasteiger partial charge is 0.465 e. The Labute approximate surface area is 184 Å². The van der Waals surface area contributed by atoms with E-state index in [0.717, 1.165) is 24.7 Å². The molecule has 2 aromatic carbocycles. The fourth-order valence-electron chi connectivity index (χ4n) is 3.71. The van der Waals surface area contributed by atoms with Crippen LogP contribution in [0.4, 0.5) is 4.39 Å². The van der Waals surface area contributed by atoms with Gasteiger partial charge in [-0.05, 0) is 24.1 Å². The zero-order valence-corrected chi connectivity index (χ0v) is 18.2. The minimum atomic E-state index is -2.27. The quantitative estimate of drug-likeness (QED) is 0.467. The summed E-state index contributed by atoms with van der Waals surface area (Å²) >= 11 is -2.27. The fourth-order valence-corrected chi connectivity index (χ4v) is 4.22. The summed E-state index contributed by atoms with van der Waals surface area (Å²) in [4.78, 5) is 13.9. The van der Waals surface area contributed by atoms with Crippen LogP contribution in [0.1, 0.15) is 33.9 Å². The van der Waals surface area contributed by atoms with E-state index < -0.39 is 23.1 Å². The molecule has 2 aromatic rings. The molecule has 31 heavy (non-hydrogen) atoms. The first kappa shape index (κ1) is 23.5. The van der Waals surface area contributed by atoms with E-state index in [4.69, 9.17) is 4.74 Å². The maximum atomic E-state index is 14.5. The number of morpholine rings is 1. The van der Waals surface area contributed by atoms with E-state index in [1.807, 2.05) is 30.3 Å². The van der Waals surface area contributed by atoms with Crippen molar-refractivity contribution in [2.45, 2.75) is 19.0 Å². The van der Waals surface area contributed by atoms with Crippen LogP contribution in [0, 0.1) is 5.82 Å². The van der Waals surface area contributed by atoms with Crippen molar-refractivity contribution in [1.29, 1.82) is 0 Å². The van der Waals surface area contributed by atoms with Gasteiger partial charge in [-0.3, -0.25) is 9.45 Å². The highest BCUT2D eigenvalue weighted by atomic mass is 32.2. The Hall–Kier alpha value is -2.17. The minimum absolute atomic E-state index is 0.0545. The molecule has 3 rings (SSSR count). The molecule has 0 bridgehead atoms. The summed E-state index contributed by atoms with van der Waals surface area (Å²) in [5.41, 5.74) is 1.45. The molecule has 1 heterocycles. The SMILES string of the molecule is COC(=O)c1ccc(CN(CCC(c2ccccc2)N2CCOCC2)S(=O)O)c(F)c1. The number of rotatable bonds is 9. The van der Waals surface area contributed by atoms with Gasteiger partial charge in [-0.1, -0.05) is 36.4 Å². The predicted molar refractivity (Wildman–Crippen MR) is 115 cm³/mol. The van der Waals surface area contributed by atoms with Crippen molar-refractivity contribution in [2.24, 2.45) is 0 Å². The molecule has 1 N–H and O–H groups in total. The maximum absolute atomic E-state index is 14.5. The molecular weight excluding hydrogens is 423 g/mol. The monoisotopic (exact) mass is 450 g/mol. The lowest BCUT2D eigenvalue weighted by molar-refractivity contribution is 0.0132. The van der Waals surface area contributed by atoms with Gasteiger partial charge in [0.15, 0.2) is 0 Å². The summed E-state index contributed by atoms with van der Waals surface area (Å²) in [5.74, 6) is -1.25. The number of esters is 1. The van der Waals surface area contributed by atoms with Gasteiger partial charge in [0, 0.05) is 37.8 Å². The molecule has 2 unspecified atom stereocenters. The van der Waals surface area contributed by atoms with Crippen LogP contribution in [0.3, 0.4) is 0 Å². The Morgan fingerprint density at radius 3 is 2.58 bits per heavy atom. The van der Waals surface area contributed by atoms with Gasteiger partial charge < -0.3 is 9.47 Å². The molecule has 0 aromatic heterocycles. The highest BCUT2D eigenvalue weighted by molar-refractivity contribution is 7.76. The lowest BCUT2D eigenvalue weighted by Crippen LogP contribution is -2.40. The molecule has 0 saturated carbocycles. The second kappa shape index (κ2) is 11.4. The average molecular weight is 451 g/mol. The van der Waals surface area contributed by atoms with Gasteiger partial charge in [0.1, 0.15) is 5.82 Å². The summed E-state index contributed by atoms with van der Waals surface area (Å²) in [6, 6.07) is 14.0. The van der Waals surface area contributed by atoms with Gasteiger partial charge in [0.25, 0.3) is 0 Å². The zero-order chi connectivity index (χ0) is 22.2. The number of carbonyl (C=O) groups is 1. The van der Waals surface area contributed by atoms with Crippen LogP contribution in [0.2, 0.25) is 0 Å². The van der Waals surface area contributed by atoms with E-state index in [2.05, 4.69) is 9.64 Å². The van der Waals surface area contributed by atoms with E-state index in [1.54, 1.807) is 0 Å². The number of halogens is 1. The zero-order valence-electron chi connectivity index (χ0n) is 17.4. The molecule has 1 aliphatic heterocycles. The van der Waals surface area contributed by atoms with Crippen LogP contribution in [0.15, 0.2) is 48.5 Å². The molecule has 1 aliphatic rings. The van der Waals surface area contributed by atoms with Crippen LogP contribution >= 0.6 is 0 Å². The molecule has 7 nitrogen and oxygen atoms in total. The number of ether oxygens (including phenoxy) is 2. The number of nitrogens with zero attached hydrogens (tertiary/aromatic N) is 2. The van der Waals surface area contributed by atoms with Crippen LogP contribution < -0.4 is 0 Å². The van der Waals surface area contributed by atoms with E-state index in [0.29, 0.717) is 19.6 Å². The first-order valence-corrected chi connectivity index (χ1v) is 11.2. The normalized spacial score (nSPS) is 16.8. The summed E-state index contributed by atoms with van der Waals surface area (Å²) in [7, 11) is 1.22. The molecule has 0 radical (unpaired) electrons. The Morgan fingerprint density at radius 2 is 1.97 bits per heavy atom. The van der Waals surface area contributed by atoms with E-state index in [9.17, 15) is 17.9 Å². The molecule has 168 valence electrons. The molecular formula is C22H27FN2O5S. The standard InChI is InChI=1S/C22H27FN2O5S/c1-29-22(26)18-7-8-19(20(23)15-18)16-25(31(27)28)10-9-21(17-5-3-2-4-6-17)24-11-13-30-14-12-24/h2-8,15,21H,9-14,16H2,1H3,(H,27,28). The number of hydrogen-bond donors (Lipinski definition) is 1. The van der Waals surface area contributed by atoms with Crippen molar-refractivity contribution in [3.63, 3.8) is 0 Å². The van der Waals surface area contributed by atoms with Crippen molar-refractivity contribution in [2.75, 3.05) is 40.0 Å². The van der Waals surface area contributed by atoms with Crippen molar-refractivity contribution >= 4 is 17.2 Å². The molecule has 1 saturated heterocycles. The van der Waals surface area contributed by atoms with E-state index in [-0.39, 0.29) is 30.3 Å². The Morgan fingerprint density at radius 1 is 1.26 bits per heavy atom.